The topological polar surface area (TPSA) is 82.5 Å². The highest BCUT2D eigenvalue weighted by Gasteiger charge is 2.29. The molecule has 7 heteroatoms. The Morgan fingerprint density at radius 2 is 1.86 bits per heavy atom. The molecular weight excluding hydrogens is 374 g/mol. The maximum atomic E-state index is 12.7. The van der Waals surface area contributed by atoms with Gasteiger partial charge in [-0.15, -0.1) is 11.3 Å². The van der Waals surface area contributed by atoms with E-state index in [9.17, 15) is 14.7 Å². The van der Waals surface area contributed by atoms with Crippen molar-refractivity contribution in [3.05, 3.63) is 65.7 Å². The second-order valence-electron chi connectivity index (χ2n) is 6.65. The summed E-state index contributed by atoms with van der Waals surface area (Å²) < 4.78 is 0. The van der Waals surface area contributed by atoms with Crippen molar-refractivity contribution in [3.63, 3.8) is 0 Å². The zero-order valence-electron chi connectivity index (χ0n) is 15.0. The molecule has 1 aliphatic heterocycles. The number of hydrogen-bond donors (Lipinski definition) is 2. The molecule has 1 amide bonds. The van der Waals surface area contributed by atoms with E-state index in [0.29, 0.717) is 30.9 Å². The van der Waals surface area contributed by atoms with E-state index in [1.807, 2.05) is 59.5 Å². The number of nitrogens with zero attached hydrogens (tertiary/aromatic N) is 2. The summed E-state index contributed by atoms with van der Waals surface area (Å²) in [6.45, 7) is 1.09. The summed E-state index contributed by atoms with van der Waals surface area (Å²) in [5.74, 6) is -1.43. The molecule has 2 N–H and O–H groups in total. The molecule has 1 fully saturated rings. The molecule has 6 nitrogen and oxygen atoms in total. The van der Waals surface area contributed by atoms with Gasteiger partial charge in [-0.2, -0.15) is 0 Å². The predicted molar refractivity (Wildman–Crippen MR) is 110 cm³/mol. The smallest absolute Gasteiger partial charge is 0.308 e. The number of hydrogen-bond acceptors (Lipinski definition) is 5. The molecule has 2 aromatic carbocycles. The highest BCUT2D eigenvalue weighted by molar-refractivity contribution is 7.13. The summed E-state index contributed by atoms with van der Waals surface area (Å²) >= 11 is 1.43. The first-order valence-electron chi connectivity index (χ1n) is 9.01. The summed E-state index contributed by atoms with van der Waals surface area (Å²) in [6, 6.07) is 17.2. The number of carboxylic acid groups (broad SMARTS) is 1. The van der Waals surface area contributed by atoms with Crippen LogP contribution in [0.2, 0.25) is 0 Å². The first-order valence-corrected chi connectivity index (χ1v) is 9.89. The molecule has 1 aromatic heterocycles. The first-order chi connectivity index (χ1) is 13.6. The maximum Gasteiger partial charge on any atom is 0.308 e. The monoisotopic (exact) mass is 393 g/mol. The van der Waals surface area contributed by atoms with E-state index in [2.05, 4.69) is 10.3 Å². The molecule has 142 valence electrons. The third-order valence-corrected chi connectivity index (χ3v) is 5.68. The fourth-order valence-corrected chi connectivity index (χ4v) is 4.12. The van der Waals surface area contributed by atoms with E-state index in [1.54, 1.807) is 5.38 Å². The molecule has 0 radical (unpaired) electrons. The van der Waals surface area contributed by atoms with Gasteiger partial charge in [-0.05, 0) is 18.6 Å². The minimum absolute atomic E-state index is 0.278. The van der Waals surface area contributed by atoms with Crippen LogP contribution in [0.4, 0.5) is 11.4 Å². The van der Waals surface area contributed by atoms with Crippen molar-refractivity contribution in [3.8, 4) is 10.6 Å². The van der Waals surface area contributed by atoms with Crippen LogP contribution < -0.4 is 10.2 Å². The van der Waals surface area contributed by atoms with Crippen molar-refractivity contribution in [2.45, 2.75) is 6.42 Å². The van der Waals surface area contributed by atoms with Gasteiger partial charge in [-0.3, -0.25) is 9.59 Å². The molecule has 2 heterocycles. The fourth-order valence-electron chi connectivity index (χ4n) is 3.31. The standard InChI is InChI=1S/C21H19N3O3S/c25-19(17-13-28-20(23-17)14-6-2-1-3-7-14)22-16-8-4-5-9-18(16)24-11-10-15(12-24)21(26)27/h1-9,13,15H,10-12H2,(H,22,25)(H,26,27). The second kappa shape index (κ2) is 7.82. The maximum absolute atomic E-state index is 12.7. The lowest BCUT2D eigenvalue weighted by Crippen LogP contribution is -2.24. The van der Waals surface area contributed by atoms with Crippen molar-refractivity contribution in [2.75, 3.05) is 23.3 Å². The van der Waals surface area contributed by atoms with Gasteiger partial charge in [0.25, 0.3) is 5.91 Å². The molecule has 0 spiro atoms. The number of aliphatic carboxylic acids is 1. The van der Waals surface area contributed by atoms with Gasteiger partial charge in [0.15, 0.2) is 0 Å². The molecular formula is C21H19N3O3S. The number of rotatable bonds is 5. The number of para-hydroxylation sites is 2. The predicted octanol–water partition coefficient (Wildman–Crippen LogP) is 3.97. The van der Waals surface area contributed by atoms with Gasteiger partial charge < -0.3 is 15.3 Å². The van der Waals surface area contributed by atoms with Crippen LogP contribution in [0.3, 0.4) is 0 Å². The molecule has 4 rings (SSSR count). The minimum atomic E-state index is -0.778. The van der Waals surface area contributed by atoms with Gasteiger partial charge in [0, 0.05) is 24.0 Å². The van der Waals surface area contributed by atoms with E-state index >= 15 is 0 Å². The van der Waals surface area contributed by atoms with Crippen LogP contribution in [0.25, 0.3) is 10.6 Å². The molecule has 0 bridgehead atoms. The molecule has 1 unspecified atom stereocenters. The lowest BCUT2D eigenvalue weighted by atomic mass is 10.1. The van der Waals surface area contributed by atoms with Gasteiger partial charge in [0.05, 0.1) is 17.3 Å². The van der Waals surface area contributed by atoms with Crippen LogP contribution in [-0.2, 0) is 4.79 Å². The van der Waals surface area contributed by atoms with Gasteiger partial charge >= 0.3 is 5.97 Å². The number of carboxylic acids is 1. The lowest BCUT2D eigenvalue weighted by molar-refractivity contribution is -0.140. The number of carbonyl (C=O) groups excluding carboxylic acids is 1. The Balaban J connectivity index is 1.52. The summed E-state index contributed by atoms with van der Waals surface area (Å²) in [5.41, 5.74) is 2.83. The Bertz CT molecular complexity index is 1000. The Morgan fingerprint density at radius 1 is 1.11 bits per heavy atom. The third kappa shape index (κ3) is 3.75. The molecule has 1 aliphatic rings. The van der Waals surface area contributed by atoms with Gasteiger partial charge in [-0.1, -0.05) is 42.5 Å². The number of amides is 1. The van der Waals surface area contributed by atoms with Crippen LogP contribution >= 0.6 is 11.3 Å². The van der Waals surface area contributed by atoms with E-state index in [-0.39, 0.29) is 11.8 Å². The molecule has 0 aliphatic carbocycles. The van der Waals surface area contributed by atoms with Crippen LogP contribution in [0.1, 0.15) is 16.9 Å². The molecule has 1 atom stereocenters. The first kappa shape index (κ1) is 18.2. The number of benzene rings is 2. The summed E-state index contributed by atoms with van der Waals surface area (Å²) in [4.78, 5) is 30.4. The zero-order chi connectivity index (χ0) is 19.5. The van der Waals surface area contributed by atoms with E-state index in [1.165, 1.54) is 11.3 Å². The van der Waals surface area contributed by atoms with Crippen molar-refractivity contribution in [1.29, 1.82) is 0 Å². The highest BCUT2D eigenvalue weighted by Crippen LogP contribution is 2.31. The molecule has 3 aromatic rings. The summed E-state index contributed by atoms with van der Waals surface area (Å²) in [6.07, 6.45) is 0.601. The lowest BCUT2D eigenvalue weighted by Gasteiger charge is -2.21. The van der Waals surface area contributed by atoms with Gasteiger partial charge in [-0.25, -0.2) is 4.98 Å². The summed E-state index contributed by atoms with van der Waals surface area (Å²) in [5, 5.41) is 14.7. The quantitative estimate of drug-likeness (QED) is 0.685. The molecule has 28 heavy (non-hydrogen) atoms. The third-order valence-electron chi connectivity index (χ3n) is 4.79. The van der Waals surface area contributed by atoms with Gasteiger partial charge in [0.2, 0.25) is 0 Å². The van der Waals surface area contributed by atoms with Crippen molar-refractivity contribution >= 4 is 34.6 Å². The SMILES string of the molecule is O=C(Nc1ccccc1N1CCC(C(=O)O)C1)c1csc(-c2ccccc2)n1. The minimum Gasteiger partial charge on any atom is -0.481 e. The van der Waals surface area contributed by atoms with Crippen molar-refractivity contribution in [1.82, 2.24) is 4.98 Å². The van der Waals surface area contributed by atoms with E-state index < -0.39 is 5.97 Å². The van der Waals surface area contributed by atoms with Crippen LogP contribution in [0.15, 0.2) is 60.0 Å². The number of nitrogens with one attached hydrogen (secondary N) is 1. The molecule has 0 saturated carbocycles. The molecule has 1 saturated heterocycles. The summed E-state index contributed by atoms with van der Waals surface area (Å²) in [7, 11) is 0. The van der Waals surface area contributed by atoms with Crippen molar-refractivity contribution in [2.24, 2.45) is 5.92 Å². The number of aromatic nitrogens is 1. The average molecular weight is 393 g/mol. The van der Waals surface area contributed by atoms with E-state index in [0.717, 1.165) is 16.3 Å². The van der Waals surface area contributed by atoms with Crippen LogP contribution in [0.5, 0.6) is 0 Å². The number of carbonyl (C=O) groups is 2. The largest absolute Gasteiger partial charge is 0.481 e. The van der Waals surface area contributed by atoms with Crippen LogP contribution in [0, 0.1) is 5.92 Å². The Kier molecular flexibility index (Phi) is 5.08. The Hall–Kier alpha value is -3.19. The van der Waals surface area contributed by atoms with Crippen molar-refractivity contribution < 1.29 is 14.7 Å². The highest BCUT2D eigenvalue weighted by atomic mass is 32.1. The fraction of sp³-hybridized carbons (Fsp3) is 0.190. The second-order valence-corrected chi connectivity index (χ2v) is 7.50. The van der Waals surface area contributed by atoms with Crippen LogP contribution in [-0.4, -0.2) is 35.1 Å². The number of thiazole rings is 1. The average Bonchev–Trinajstić information content (AvgIpc) is 3.39. The Labute approximate surface area is 166 Å². The normalized spacial score (nSPS) is 16.1. The zero-order valence-corrected chi connectivity index (χ0v) is 15.9. The number of anilines is 2. The van der Waals surface area contributed by atoms with E-state index in [4.69, 9.17) is 0 Å². The van der Waals surface area contributed by atoms with Gasteiger partial charge in [0.1, 0.15) is 10.7 Å². The Morgan fingerprint density at radius 3 is 2.61 bits per heavy atom.